The van der Waals surface area contributed by atoms with Gasteiger partial charge in [0.1, 0.15) is 5.75 Å². The highest BCUT2D eigenvalue weighted by Crippen LogP contribution is 2.27. The van der Waals surface area contributed by atoms with Crippen molar-refractivity contribution >= 4 is 35.0 Å². The molecule has 1 aromatic carbocycles. The fraction of sp³-hybridized carbons (Fsp3) is 0.417. The molecule has 2 N–H and O–H groups in total. The van der Waals surface area contributed by atoms with Crippen LogP contribution in [0, 0.1) is 0 Å². The molecule has 0 radical (unpaired) electrons. The Bertz CT molecular complexity index is 414. The molecule has 0 aliphatic heterocycles. The second kappa shape index (κ2) is 7.51. The number of nitrogens with one attached hydrogen (secondary N) is 1. The van der Waals surface area contributed by atoms with Crippen molar-refractivity contribution in [1.29, 1.82) is 0 Å². The number of benzene rings is 1. The van der Waals surface area contributed by atoms with Crippen LogP contribution in [0.15, 0.2) is 18.2 Å². The predicted octanol–water partition coefficient (Wildman–Crippen LogP) is 2.40. The lowest BCUT2D eigenvalue weighted by Crippen LogP contribution is -2.17. The summed E-state index contributed by atoms with van der Waals surface area (Å²) in [6, 6.07) is 5.03. The van der Waals surface area contributed by atoms with Crippen LogP contribution in [0.2, 0.25) is 5.02 Å². The molecule has 0 aromatic heterocycles. The van der Waals surface area contributed by atoms with E-state index in [1.54, 1.807) is 18.2 Å². The van der Waals surface area contributed by atoms with Gasteiger partial charge in [0, 0.05) is 10.3 Å². The van der Waals surface area contributed by atoms with Crippen LogP contribution in [0.4, 0.5) is 5.69 Å². The van der Waals surface area contributed by atoms with Crippen molar-refractivity contribution in [3.63, 3.8) is 0 Å². The molecule has 1 rings (SSSR count). The van der Waals surface area contributed by atoms with Gasteiger partial charge in [0.2, 0.25) is 5.91 Å². The van der Waals surface area contributed by atoms with Crippen LogP contribution in [0.3, 0.4) is 0 Å². The summed E-state index contributed by atoms with van der Waals surface area (Å²) < 4.78 is 5.13. The molecule has 1 atom stereocenters. The molecule has 0 fully saturated rings. The molecule has 0 aliphatic carbocycles. The molecule has 18 heavy (non-hydrogen) atoms. The first-order valence-corrected chi connectivity index (χ1v) is 6.85. The topological polar surface area (TPSA) is 58.6 Å². The Balaban J connectivity index is 2.61. The summed E-state index contributed by atoms with van der Waals surface area (Å²) in [5, 5.41) is 12.2. The molecule has 0 heterocycles. The van der Waals surface area contributed by atoms with Crippen molar-refractivity contribution < 1.29 is 14.6 Å². The Hall–Kier alpha value is -0.910. The second-order valence-corrected chi connectivity index (χ2v) is 5.56. The average molecular weight is 290 g/mol. The van der Waals surface area contributed by atoms with Crippen molar-refractivity contribution in [3.8, 4) is 5.75 Å². The van der Waals surface area contributed by atoms with Crippen molar-refractivity contribution in [1.82, 2.24) is 0 Å². The minimum Gasteiger partial charge on any atom is -0.495 e. The summed E-state index contributed by atoms with van der Waals surface area (Å²) in [7, 11) is 1.53. The molecule has 4 nitrogen and oxygen atoms in total. The number of anilines is 1. The number of carbonyl (C=O) groups excluding carboxylic acids is 1. The van der Waals surface area contributed by atoms with E-state index >= 15 is 0 Å². The number of amides is 1. The van der Waals surface area contributed by atoms with E-state index in [4.69, 9.17) is 21.4 Å². The summed E-state index contributed by atoms with van der Waals surface area (Å²) in [4.78, 5) is 11.7. The van der Waals surface area contributed by atoms with Crippen molar-refractivity contribution in [3.05, 3.63) is 23.2 Å². The lowest BCUT2D eigenvalue weighted by atomic mass is 10.3. The zero-order valence-corrected chi connectivity index (χ0v) is 11.8. The lowest BCUT2D eigenvalue weighted by Gasteiger charge is -2.11. The minimum atomic E-state index is -0.152. The van der Waals surface area contributed by atoms with Crippen LogP contribution < -0.4 is 10.1 Å². The fourth-order valence-electron chi connectivity index (χ4n) is 1.23. The summed E-state index contributed by atoms with van der Waals surface area (Å²) in [5.74, 6) is 0.686. The van der Waals surface area contributed by atoms with Crippen LogP contribution >= 0.6 is 23.4 Å². The van der Waals surface area contributed by atoms with Crippen molar-refractivity contribution in [2.45, 2.75) is 12.2 Å². The highest BCUT2D eigenvalue weighted by molar-refractivity contribution is 8.00. The van der Waals surface area contributed by atoms with Gasteiger partial charge in [-0.1, -0.05) is 18.5 Å². The number of methoxy groups -OCH3 is 1. The van der Waals surface area contributed by atoms with Crippen LogP contribution in [0.25, 0.3) is 0 Å². The van der Waals surface area contributed by atoms with Gasteiger partial charge in [0.05, 0.1) is 25.2 Å². The predicted molar refractivity (Wildman–Crippen MR) is 75.6 cm³/mol. The molecule has 0 saturated carbocycles. The van der Waals surface area contributed by atoms with Crippen LogP contribution in [0.1, 0.15) is 6.92 Å². The molecular formula is C12H16ClNO3S. The second-order valence-electron chi connectivity index (χ2n) is 3.70. The molecule has 100 valence electrons. The van der Waals surface area contributed by atoms with E-state index in [1.165, 1.54) is 18.9 Å². The zero-order chi connectivity index (χ0) is 13.5. The third-order valence-electron chi connectivity index (χ3n) is 2.19. The largest absolute Gasteiger partial charge is 0.495 e. The monoisotopic (exact) mass is 289 g/mol. The maximum Gasteiger partial charge on any atom is 0.234 e. The lowest BCUT2D eigenvalue weighted by molar-refractivity contribution is -0.113. The van der Waals surface area contributed by atoms with Gasteiger partial charge in [0.15, 0.2) is 0 Å². The van der Waals surface area contributed by atoms with E-state index in [0.29, 0.717) is 16.5 Å². The summed E-state index contributed by atoms with van der Waals surface area (Å²) in [5.41, 5.74) is 0.548. The molecule has 1 amide bonds. The smallest absolute Gasteiger partial charge is 0.234 e. The molecule has 0 spiro atoms. The van der Waals surface area contributed by atoms with E-state index < -0.39 is 0 Å². The fourth-order valence-corrected chi connectivity index (χ4v) is 2.02. The Kier molecular flexibility index (Phi) is 6.32. The maximum absolute atomic E-state index is 11.7. The van der Waals surface area contributed by atoms with Gasteiger partial charge < -0.3 is 15.2 Å². The standard InChI is InChI=1S/C12H16ClNO3S/c1-8(6-15)18-7-12(16)14-10-5-9(13)3-4-11(10)17-2/h3-5,8,15H,6-7H2,1-2H3,(H,14,16). The normalized spacial score (nSPS) is 12.0. The Morgan fingerprint density at radius 2 is 2.33 bits per heavy atom. The van der Waals surface area contributed by atoms with Crippen LogP contribution in [-0.2, 0) is 4.79 Å². The van der Waals surface area contributed by atoms with E-state index in [-0.39, 0.29) is 23.5 Å². The highest BCUT2D eigenvalue weighted by Gasteiger charge is 2.10. The number of hydrogen-bond acceptors (Lipinski definition) is 4. The summed E-state index contributed by atoms with van der Waals surface area (Å²) in [6.45, 7) is 1.91. The number of rotatable bonds is 6. The number of hydrogen-bond donors (Lipinski definition) is 2. The molecule has 1 unspecified atom stereocenters. The third kappa shape index (κ3) is 4.76. The Labute approximate surface area is 116 Å². The number of carbonyl (C=O) groups is 1. The SMILES string of the molecule is COc1ccc(Cl)cc1NC(=O)CSC(C)CO. The first-order valence-electron chi connectivity index (χ1n) is 5.42. The maximum atomic E-state index is 11.7. The Morgan fingerprint density at radius 3 is 2.94 bits per heavy atom. The van der Waals surface area contributed by atoms with Crippen LogP contribution in [0.5, 0.6) is 5.75 Å². The average Bonchev–Trinajstić information content (AvgIpc) is 2.36. The number of aliphatic hydroxyl groups is 1. The van der Waals surface area contributed by atoms with Gasteiger partial charge in [-0.05, 0) is 18.2 Å². The van der Waals surface area contributed by atoms with Crippen molar-refractivity contribution in [2.75, 3.05) is 24.8 Å². The minimum absolute atomic E-state index is 0.0389. The number of halogens is 1. The molecule has 1 aromatic rings. The van der Waals surface area contributed by atoms with E-state index in [2.05, 4.69) is 5.32 Å². The summed E-state index contributed by atoms with van der Waals surface area (Å²) in [6.07, 6.45) is 0. The van der Waals surface area contributed by atoms with E-state index in [1.807, 2.05) is 6.92 Å². The number of ether oxygens (including phenoxy) is 1. The van der Waals surface area contributed by atoms with Gasteiger partial charge in [-0.25, -0.2) is 0 Å². The van der Waals surface area contributed by atoms with Gasteiger partial charge >= 0.3 is 0 Å². The molecule has 6 heteroatoms. The van der Waals surface area contributed by atoms with Crippen LogP contribution in [-0.4, -0.2) is 35.7 Å². The Morgan fingerprint density at radius 1 is 1.61 bits per heavy atom. The van der Waals surface area contributed by atoms with Crippen molar-refractivity contribution in [2.24, 2.45) is 0 Å². The summed E-state index contributed by atoms with van der Waals surface area (Å²) >= 11 is 7.25. The van der Waals surface area contributed by atoms with Gasteiger partial charge in [0.25, 0.3) is 0 Å². The zero-order valence-electron chi connectivity index (χ0n) is 10.3. The highest BCUT2D eigenvalue weighted by atomic mass is 35.5. The third-order valence-corrected chi connectivity index (χ3v) is 3.57. The van der Waals surface area contributed by atoms with Gasteiger partial charge in [-0.3, -0.25) is 4.79 Å². The molecule has 0 saturated heterocycles. The number of thioether (sulfide) groups is 1. The van der Waals surface area contributed by atoms with E-state index in [9.17, 15) is 4.79 Å². The molecule has 0 bridgehead atoms. The van der Waals surface area contributed by atoms with Gasteiger partial charge in [-0.2, -0.15) is 0 Å². The van der Waals surface area contributed by atoms with E-state index in [0.717, 1.165) is 0 Å². The molecule has 0 aliphatic rings. The first-order chi connectivity index (χ1) is 8.56. The quantitative estimate of drug-likeness (QED) is 0.844. The first kappa shape index (κ1) is 15.1. The molecular weight excluding hydrogens is 274 g/mol. The van der Waals surface area contributed by atoms with Gasteiger partial charge in [-0.15, -0.1) is 11.8 Å². The number of aliphatic hydroxyl groups excluding tert-OH is 1.